The minimum absolute atomic E-state index is 0.000436. The van der Waals surface area contributed by atoms with E-state index < -0.39 is 39.8 Å². The van der Waals surface area contributed by atoms with Crippen LogP contribution in [0.3, 0.4) is 0 Å². The molecule has 3 N–H and O–H groups in total. The van der Waals surface area contributed by atoms with Crippen molar-refractivity contribution in [3.63, 3.8) is 0 Å². The second-order valence-electron chi connectivity index (χ2n) is 12.9. The average molecular weight is 707 g/mol. The Morgan fingerprint density at radius 2 is 1.66 bits per heavy atom. The monoisotopic (exact) mass is 706 g/mol. The number of carbonyl (C=O) groups excluding carboxylic acids is 1. The molecule has 2 aromatic carbocycles. The van der Waals surface area contributed by atoms with Crippen molar-refractivity contribution >= 4 is 15.9 Å². The van der Waals surface area contributed by atoms with E-state index in [0.717, 1.165) is 10.1 Å². The third-order valence-electron chi connectivity index (χ3n) is 8.64. The molecule has 2 aromatic heterocycles. The van der Waals surface area contributed by atoms with E-state index in [1.807, 2.05) is 58.0 Å². The molecule has 0 aliphatic heterocycles. The number of hydrogen-bond acceptors (Lipinski definition) is 9. The number of carbonyl (C=O) groups is 1. The van der Waals surface area contributed by atoms with Crippen LogP contribution in [0.15, 0.2) is 100 Å². The molecular formula is C36H46N6O7S. The highest BCUT2D eigenvalue weighted by Gasteiger charge is 2.35. The number of aromatic hydroxyl groups is 1. The maximum Gasteiger partial charge on any atom is 0.332 e. The number of nitrogens with zero attached hydrogens (tertiary/aromatic N) is 5. The van der Waals surface area contributed by atoms with Crippen molar-refractivity contribution < 1.29 is 23.4 Å². The van der Waals surface area contributed by atoms with E-state index in [-0.39, 0.29) is 55.2 Å². The molecule has 0 bridgehead atoms. The molecule has 0 saturated carbocycles. The quantitative estimate of drug-likeness (QED) is 0.130. The molecule has 0 fully saturated rings. The van der Waals surface area contributed by atoms with Crippen molar-refractivity contribution in [1.29, 1.82) is 0 Å². The van der Waals surface area contributed by atoms with Gasteiger partial charge in [-0.2, -0.15) is 9.21 Å². The maximum absolute atomic E-state index is 14.2. The molecule has 268 valence electrons. The van der Waals surface area contributed by atoms with Gasteiger partial charge in [-0.25, -0.2) is 13.2 Å². The van der Waals surface area contributed by atoms with Crippen molar-refractivity contribution in [2.24, 2.45) is 17.0 Å². The summed E-state index contributed by atoms with van der Waals surface area (Å²) in [6.07, 6.45) is 2.15. The van der Waals surface area contributed by atoms with Crippen LogP contribution in [0.4, 0.5) is 0 Å². The molecule has 0 saturated heterocycles. The zero-order chi connectivity index (χ0) is 36.4. The molecule has 1 amide bonds. The van der Waals surface area contributed by atoms with Gasteiger partial charge in [-0.15, -0.1) is 0 Å². The minimum atomic E-state index is -4.10. The summed E-state index contributed by atoms with van der Waals surface area (Å²) < 4.78 is 31.3. The van der Waals surface area contributed by atoms with Gasteiger partial charge in [0.25, 0.3) is 0 Å². The fourth-order valence-electron chi connectivity index (χ4n) is 5.79. The number of aliphatic hydroxyl groups excluding tert-OH is 1. The zero-order valence-electron chi connectivity index (χ0n) is 28.8. The predicted molar refractivity (Wildman–Crippen MR) is 190 cm³/mol. The van der Waals surface area contributed by atoms with Crippen molar-refractivity contribution in [2.75, 3.05) is 13.1 Å². The number of benzene rings is 2. The number of nitrogens with one attached hydrogen (secondary N) is 1. The summed E-state index contributed by atoms with van der Waals surface area (Å²) >= 11 is 0. The highest BCUT2D eigenvalue weighted by Crippen LogP contribution is 2.25. The molecule has 2 heterocycles. The summed E-state index contributed by atoms with van der Waals surface area (Å²) in [5.41, 5.74) is 1.31. The molecule has 0 aliphatic rings. The molecule has 4 atom stereocenters. The summed E-state index contributed by atoms with van der Waals surface area (Å²) in [5, 5.41) is 28.3. The molecule has 0 spiro atoms. The summed E-state index contributed by atoms with van der Waals surface area (Å²) in [4.78, 5) is 42.8. The van der Waals surface area contributed by atoms with Gasteiger partial charge in [0.15, 0.2) is 0 Å². The minimum Gasteiger partial charge on any atom is -0.493 e. The van der Waals surface area contributed by atoms with Gasteiger partial charge in [0.1, 0.15) is 12.6 Å². The summed E-state index contributed by atoms with van der Waals surface area (Å²) in [5.74, 6) is -1.34. The number of amides is 1. The van der Waals surface area contributed by atoms with Crippen LogP contribution in [0, 0.1) is 16.7 Å². The van der Waals surface area contributed by atoms with E-state index in [4.69, 9.17) is 0 Å². The number of hydrogen-bond donors (Lipinski definition) is 3. The lowest BCUT2D eigenvalue weighted by atomic mass is 9.96. The van der Waals surface area contributed by atoms with E-state index >= 15 is 0 Å². The lowest BCUT2D eigenvalue weighted by Crippen LogP contribution is -2.53. The van der Waals surface area contributed by atoms with E-state index in [2.05, 4.69) is 15.5 Å². The number of rotatable bonds is 18. The molecule has 50 heavy (non-hydrogen) atoms. The van der Waals surface area contributed by atoms with Gasteiger partial charge in [-0.05, 0) is 53.6 Å². The number of sulfonamides is 1. The Morgan fingerprint density at radius 3 is 2.26 bits per heavy atom. The summed E-state index contributed by atoms with van der Waals surface area (Å²) in [7, 11) is -4.10. The highest BCUT2D eigenvalue weighted by molar-refractivity contribution is 7.89. The van der Waals surface area contributed by atoms with E-state index in [9.17, 15) is 33.1 Å². The SMILES string of the molecule is CC[C@H](C)[C@@H](C(=O)N[C@@H](Cc1ccccc1)[C@H](O)CN(CC(C)C)S(=O)(=O)c1ccc(CN=O)cc1)n1cc(O)n(Cc2ccccn2)c1=O. The highest BCUT2D eigenvalue weighted by atomic mass is 32.2. The van der Waals surface area contributed by atoms with Crippen LogP contribution in [0.5, 0.6) is 5.88 Å². The molecule has 0 unspecified atom stereocenters. The molecule has 13 nitrogen and oxygen atoms in total. The van der Waals surface area contributed by atoms with Crippen LogP contribution < -0.4 is 11.0 Å². The van der Waals surface area contributed by atoms with Crippen molar-refractivity contribution in [1.82, 2.24) is 23.7 Å². The van der Waals surface area contributed by atoms with Crippen LogP contribution in [0.1, 0.15) is 57.0 Å². The van der Waals surface area contributed by atoms with Gasteiger partial charge in [-0.1, -0.05) is 87.8 Å². The van der Waals surface area contributed by atoms with Gasteiger partial charge < -0.3 is 15.5 Å². The third-order valence-corrected chi connectivity index (χ3v) is 10.5. The van der Waals surface area contributed by atoms with E-state index in [1.54, 1.807) is 24.4 Å². The van der Waals surface area contributed by atoms with Gasteiger partial charge in [0.2, 0.25) is 21.8 Å². The van der Waals surface area contributed by atoms with Crippen molar-refractivity contribution in [2.45, 2.75) is 76.7 Å². The number of pyridine rings is 1. The fourth-order valence-corrected chi connectivity index (χ4v) is 7.42. The first kappa shape index (κ1) is 38.1. The first-order valence-electron chi connectivity index (χ1n) is 16.7. The number of imidazole rings is 1. The second-order valence-corrected chi connectivity index (χ2v) is 14.9. The van der Waals surface area contributed by atoms with Gasteiger partial charge in [0, 0.05) is 19.3 Å². The maximum atomic E-state index is 14.2. The van der Waals surface area contributed by atoms with Crippen LogP contribution in [-0.4, -0.2) is 68.2 Å². The standard InChI is InChI=1S/C36H46N6O7S/c1-5-26(4)34(42-24-33(44)41(36(42)46)22-29-13-9-10-18-37-29)35(45)39-31(19-27-11-7-6-8-12-27)32(43)23-40(21-25(2)3)50(48,49)30-16-14-28(15-17-30)20-38-47/h6-18,24-26,31-32,34,43-44H,5,19-23H2,1-4H3,(H,39,45)/t26-,31-,32+,34-/m0/s1. The normalized spacial score (nSPS) is 14.3. The second kappa shape index (κ2) is 17.3. The van der Waals surface area contributed by atoms with E-state index in [1.165, 1.54) is 39.3 Å². The Bertz CT molecular complexity index is 1860. The molecular weight excluding hydrogens is 660 g/mol. The molecule has 4 rings (SSSR count). The zero-order valence-corrected chi connectivity index (χ0v) is 29.6. The number of nitroso groups, excluding NO2 is 1. The average Bonchev–Trinajstić information content (AvgIpc) is 3.36. The fraction of sp³-hybridized carbons (Fsp3) is 0.417. The van der Waals surface area contributed by atoms with Crippen LogP contribution in [0.25, 0.3) is 0 Å². The third kappa shape index (κ3) is 9.52. The van der Waals surface area contributed by atoms with Crippen LogP contribution in [0.2, 0.25) is 0 Å². The van der Waals surface area contributed by atoms with Gasteiger partial charge in [-0.3, -0.25) is 18.9 Å². The Hall–Kier alpha value is -4.66. The predicted octanol–water partition coefficient (Wildman–Crippen LogP) is 4.09. The lowest BCUT2D eigenvalue weighted by Gasteiger charge is -2.32. The molecule has 0 radical (unpaired) electrons. The smallest absolute Gasteiger partial charge is 0.332 e. The lowest BCUT2D eigenvalue weighted by molar-refractivity contribution is -0.127. The Morgan fingerprint density at radius 1 is 0.980 bits per heavy atom. The molecule has 14 heteroatoms. The number of aromatic nitrogens is 3. The molecule has 4 aromatic rings. The Labute approximate surface area is 292 Å². The van der Waals surface area contributed by atoms with Crippen molar-refractivity contribution in [3.8, 4) is 5.88 Å². The first-order chi connectivity index (χ1) is 23.8. The van der Waals surface area contributed by atoms with Crippen LogP contribution in [-0.2, 0) is 34.3 Å². The first-order valence-corrected chi connectivity index (χ1v) is 18.1. The topological polar surface area (TPSA) is 176 Å². The number of aliphatic hydroxyl groups is 1. The summed E-state index contributed by atoms with van der Waals surface area (Å²) in [6.45, 7) is 7.10. The van der Waals surface area contributed by atoms with Crippen molar-refractivity contribution in [3.05, 3.63) is 117 Å². The van der Waals surface area contributed by atoms with Crippen LogP contribution >= 0.6 is 0 Å². The van der Waals surface area contributed by atoms with Gasteiger partial charge in [0.05, 0.1) is 35.5 Å². The Kier molecular flexibility index (Phi) is 13.2. The largest absolute Gasteiger partial charge is 0.493 e. The van der Waals surface area contributed by atoms with Gasteiger partial charge >= 0.3 is 5.69 Å². The molecule has 0 aliphatic carbocycles. The summed E-state index contributed by atoms with van der Waals surface area (Å²) in [6, 6.07) is 18.3. The Balaban J connectivity index is 1.66. The van der Waals surface area contributed by atoms with E-state index in [0.29, 0.717) is 17.7 Å².